The van der Waals surface area contributed by atoms with Crippen molar-refractivity contribution >= 4 is 5.91 Å². The molecule has 1 heterocycles. The van der Waals surface area contributed by atoms with E-state index in [4.69, 9.17) is 4.74 Å². The maximum absolute atomic E-state index is 12.7. The minimum absolute atomic E-state index is 0.146. The van der Waals surface area contributed by atoms with E-state index in [1.54, 1.807) is 0 Å². The van der Waals surface area contributed by atoms with Gasteiger partial charge in [-0.15, -0.1) is 0 Å². The number of ether oxygens (including phenoxy) is 1. The normalized spacial score (nSPS) is 26.0. The zero-order chi connectivity index (χ0) is 13.7. The van der Waals surface area contributed by atoms with Gasteiger partial charge in [0.2, 0.25) is 5.91 Å². The predicted molar refractivity (Wildman–Crippen MR) is 73.8 cm³/mol. The molecule has 0 spiro atoms. The predicted octanol–water partition coefficient (Wildman–Crippen LogP) is 1.81. The number of amides is 1. The van der Waals surface area contributed by atoms with Gasteiger partial charge in [0, 0.05) is 32.9 Å². The van der Waals surface area contributed by atoms with Gasteiger partial charge in [0.25, 0.3) is 0 Å². The lowest BCUT2D eigenvalue weighted by Crippen LogP contribution is -2.51. The van der Waals surface area contributed by atoms with Crippen LogP contribution in [0.4, 0.5) is 0 Å². The topological polar surface area (TPSA) is 49.8 Å². The smallest absolute Gasteiger partial charge is 0.228 e. The van der Waals surface area contributed by atoms with Crippen molar-refractivity contribution < 1.29 is 14.6 Å². The molecule has 0 radical (unpaired) electrons. The summed E-state index contributed by atoms with van der Waals surface area (Å²) in [5, 5.41) is 9.28. The molecule has 4 heteroatoms. The Kier molecular flexibility index (Phi) is 5.22. The molecule has 1 aliphatic heterocycles. The van der Waals surface area contributed by atoms with Crippen molar-refractivity contribution in [2.24, 2.45) is 11.3 Å². The first-order chi connectivity index (χ1) is 9.22. The zero-order valence-corrected chi connectivity index (χ0v) is 12.1. The fraction of sp³-hybridized carbons (Fsp3) is 0.933. The van der Waals surface area contributed by atoms with Gasteiger partial charge >= 0.3 is 0 Å². The summed E-state index contributed by atoms with van der Waals surface area (Å²) in [4.78, 5) is 14.7. The van der Waals surface area contributed by atoms with Crippen molar-refractivity contribution in [2.75, 3.05) is 32.9 Å². The largest absolute Gasteiger partial charge is 0.396 e. The minimum atomic E-state index is -0.146. The highest BCUT2D eigenvalue weighted by Crippen LogP contribution is 2.46. The molecule has 1 saturated heterocycles. The molecular formula is C15H27NO3. The first kappa shape index (κ1) is 14.8. The highest BCUT2D eigenvalue weighted by molar-refractivity contribution is 5.83. The first-order valence-electron chi connectivity index (χ1n) is 7.70. The number of piperidine rings is 1. The van der Waals surface area contributed by atoms with Gasteiger partial charge in [-0.1, -0.05) is 6.42 Å². The number of carbonyl (C=O) groups excluding carboxylic acids is 1. The van der Waals surface area contributed by atoms with E-state index in [0.29, 0.717) is 12.5 Å². The number of rotatable bonds is 6. The molecule has 110 valence electrons. The van der Waals surface area contributed by atoms with Crippen LogP contribution >= 0.6 is 0 Å². The van der Waals surface area contributed by atoms with Crippen LogP contribution in [0, 0.1) is 11.3 Å². The van der Waals surface area contributed by atoms with Crippen LogP contribution in [0.2, 0.25) is 0 Å². The Morgan fingerprint density at radius 3 is 2.79 bits per heavy atom. The molecule has 0 aromatic rings. The third kappa shape index (κ3) is 3.29. The summed E-state index contributed by atoms with van der Waals surface area (Å²) < 4.78 is 5.43. The Hall–Kier alpha value is -0.610. The molecule has 1 N–H and O–H groups in total. The van der Waals surface area contributed by atoms with E-state index in [-0.39, 0.29) is 17.9 Å². The number of hydrogen-bond acceptors (Lipinski definition) is 3. The second-order valence-electron chi connectivity index (χ2n) is 6.02. The summed E-state index contributed by atoms with van der Waals surface area (Å²) in [7, 11) is 0. The molecule has 19 heavy (non-hydrogen) atoms. The Morgan fingerprint density at radius 2 is 2.21 bits per heavy atom. The van der Waals surface area contributed by atoms with Gasteiger partial charge in [-0.25, -0.2) is 0 Å². The minimum Gasteiger partial charge on any atom is -0.396 e. The van der Waals surface area contributed by atoms with E-state index in [1.165, 1.54) is 0 Å². The maximum Gasteiger partial charge on any atom is 0.228 e. The summed E-state index contributed by atoms with van der Waals surface area (Å²) in [6.45, 7) is 5.22. The van der Waals surface area contributed by atoms with Crippen LogP contribution in [0.1, 0.15) is 45.4 Å². The lowest BCUT2D eigenvalue weighted by Gasteiger charge is -2.45. The molecular weight excluding hydrogens is 242 g/mol. The highest BCUT2D eigenvalue weighted by atomic mass is 16.5. The monoisotopic (exact) mass is 269 g/mol. The van der Waals surface area contributed by atoms with Crippen molar-refractivity contribution in [1.82, 2.24) is 4.90 Å². The van der Waals surface area contributed by atoms with Gasteiger partial charge in [0.05, 0.1) is 5.41 Å². The molecule has 2 fully saturated rings. The molecule has 2 aliphatic rings. The maximum atomic E-state index is 12.7. The molecule has 0 aromatic heterocycles. The molecule has 4 nitrogen and oxygen atoms in total. The Bertz CT molecular complexity index is 302. The number of nitrogens with zero attached hydrogens (tertiary/aromatic N) is 1. The van der Waals surface area contributed by atoms with Gasteiger partial charge in [-0.3, -0.25) is 4.79 Å². The molecule has 1 amide bonds. The summed E-state index contributed by atoms with van der Waals surface area (Å²) >= 11 is 0. The van der Waals surface area contributed by atoms with Crippen LogP contribution < -0.4 is 0 Å². The molecule has 0 bridgehead atoms. The van der Waals surface area contributed by atoms with Crippen molar-refractivity contribution in [3.8, 4) is 0 Å². The number of likely N-dealkylation sites (tertiary alicyclic amines) is 1. The van der Waals surface area contributed by atoms with E-state index in [2.05, 4.69) is 0 Å². The average Bonchev–Trinajstić information content (AvgIpc) is 2.41. The Balaban J connectivity index is 1.92. The summed E-state index contributed by atoms with van der Waals surface area (Å²) in [5.41, 5.74) is -0.146. The van der Waals surface area contributed by atoms with Gasteiger partial charge in [0.1, 0.15) is 0 Å². The fourth-order valence-corrected chi connectivity index (χ4v) is 3.32. The van der Waals surface area contributed by atoms with Crippen LogP contribution in [0.15, 0.2) is 0 Å². The molecule has 1 unspecified atom stereocenters. The van der Waals surface area contributed by atoms with Crippen molar-refractivity contribution in [2.45, 2.75) is 45.4 Å². The van der Waals surface area contributed by atoms with E-state index < -0.39 is 0 Å². The molecule has 2 rings (SSSR count). The SMILES string of the molecule is CCOCCC1(C(=O)N2CCCC(CO)C2)CCC1. The quantitative estimate of drug-likeness (QED) is 0.748. The molecule has 1 saturated carbocycles. The van der Waals surface area contributed by atoms with Crippen LogP contribution in [0.25, 0.3) is 0 Å². The summed E-state index contributed by atoms with van der Waals surface area (Å²) in [6.07, 6.45) is 6.12. The standard InChI is InChI=1S/C15H27NO3/c1-2-19-10-8-15(6-4-7-15)14(18)16-9-3-5-13(11-16)12-17/h13,17H,2-12H2,1H3. The zero-order valence-electron chi connectivity index (χ0n) is 12.1. The lowest BCUT2D eigenvalue weighted by molar-refractivity contribution is -0.151. The second-order valence-corrected chi connectivity index (χ2v) is 6.02. The van der Waals surface area contributed by atoms with Crippen LogP contribution in [-0.2, 0) is 9.53 Å². The van der Waals surface area contributed by atoms with Gasteiger partial charge in [0.15, 0.2) is 0 Å². The van der Waals surface area contributed by atoms with Crippen molar-refractivity contribution in [3.05, 3.63) is 0 Å². The van der Waals surface area contributed by atoms with Gasteiger partial charge in [-0.2, -0.15) is 0 Å². The van der Waals surface area contributed by atoms with Gasteiger partial charge in [-0.05, 0) is 44.9 Å². The van der Waals surface area contributed by atoms with Gasteiger partial charge < -0.3 is 14.7 Å². The van der Waals surface area contributed by atoms with E-state index in [0.717, 1.165) is 58.2 Å². The number of carbonyl (C=O) groups is 1. The van der Waals surface area contributed by atoms with Crippen molar-refractivity contribution in [1.29, 1.82) is 0 Å². The number of hydrogen-bond donors (Lipinski definition) is 1. The molecule has 1 aliphatic carbocycles. The third-order valence-electron chi connectivity index (χ3n) is 4.76. The van der Waals surface area contributed by atoms with E-state index in [9.17, 15) is 9.90 Å². The van der Waals surface area contributed by atoms with Crippen LogP contribution in [-0.4, -0.2) is 48.8 Å². The molecule has 1 atom stereocenters. The third-order valence-corrected chi connectivity index (χ3v) is 4.76. The first-order valence-corrected chi connectivity index (χ1v) is 7.70. The lowest BCUT2D eigenvalue weighted by atomic mass is 9.65. The second kappa shape index (κ2) is 6.71. The summed E-state index contributed by atoms with van der Waals surface area (Å²) in [6, 6.07) is 0. The van der Waals surface area contributed by atoms with Crippen molar-refractivity contribution in [3.63, 3.8) is 0 Å². The number of aliphatic hydroxyl groups is 1. The van der Waals surface area contributed by atoms with Crippen LogP contribution in [0.5, 0.6) is 0 Å². The van der Waals surface area contributed by atoms with E-state index in [1.807, 2.05) is 11.8 Å². The van der Waals surface area contributed by atoms with E-state index >= 15 is 0 Å². The molecule has 0 aromatic carbocycles. The summed E-state index contributed by atoms with van der Waals surface area (Å²) in [5.74, 6) is 0.596. The Labute approximate surface area is 116 Å². The fourth-order valence-electron chi connectivity index (χ4n) is 3.32. The average molecular weight is 269 g/mol. The highest BCUT2D eigenvalue weighted by Gasteiger charge is 2.46. The Morgan fingerprint density at radius 1 is 1.42 bits per heavy atom. The van der Waals surface area contributed by atoms with Crippen LogP contribution in [0.3, 0.4) is 0 Å². The number of aliphatic hydroxyl groups excluding tert-OH is 1.